The number of nitrogens with one attached hydrogen (secondary N) is 1. The van der Waals surface area contributed by atoms with Crippen molar-refractivity contribution in [3.05, 3.63) is 62.7 Å². The maximum Gasteiger partial charge on any atom is 0.238 e. The van der Waals surface area contributed by atoms with Gasteiger partial charge in [0.05, 0.1) is 22.1 Å². The molecule has 0 unspecified atom stereocenters. The Morgan fingerprint density at radius 3 is 2.68 bits per heavy atom. The number of nitrogens with zero attached hydrogens (tertiary/aromatic N) is 2. The summed E-state index contributed by atoms with van der Waals surface area (Å²) in [6, 6.07) is 8.47. The van der Waals surface area contributed by atoms with Crippen molar-refractivity contribution in [1.82, 2.24) is 9.97 Å². The van der Waals surface area contributed by atoms with Gasteiger partial charge in [-0.05, 0) is 37.3 Å². The molecule has 0 saturated heterocycles. The molecule has 8 heteroatoms. The van der Waals surface area contributed by atoms with Gasteiger partial charge in [-0.15, -0.1) is 11.3 Å². The third-order valence-corrected chi connectivity index (χ3v) is 4.43. The number of pyridine rings is 1. The van der Waals surface area contributed by atoms with Crippen LogP contribution in [0.3, 0.4) is 0 Å². The molecule has 5 nitrogen and oxygen atoms in total. The summed E-state index contributed by atoms with van der Waals surface area (Å²) in [4.78, 5) is 20.3. The molecule has 0 radical (unpaired) electrons. The van der Waals surface area contributed by atoms with E-state index in [2.05, 4.69) is 15.3 Å². The Morgan fingerprint density at radius 1 is 1.28 bits per heavy atom. The van der Waals surface area contributed by atoms with Crippen LogP contribution in [0.15, 0.2) is 41.9 Å². The largest absolute Gasteiger partial charge is 0.438 e. The number of anilines is 1. The van der Waals surface area contributed by atoms with Crippen LogP contribution < -0.4 is 10.1 Å². The number of amides is 1. The summed E-state index contributed by atoms with van der Waals surface area (Å²) in [5.74, 6) is 0.688. The maximum atomic E-state index is 12.0. The fourth-order valence-electron chi connectivity index (χ4n) is 2.05. The quantitative estimate of drug-likeness (QED) is 0.652. The minimum atomic E-state index is -0.124. The second kappa shape index (κ2) is 7.82. The van der Waals surface area contributed by atoms with E-state index >= 15 is 0 Å². The van der Waals surface area contributed by atoms with E-state index < -0.39 is 0 Å². The van der Waals surface area contributed by atoms with Crippen LogP contribution >= 0.6 is 34.5 Å². The van der Waals surface area contributed by atoms with Crippen molar-refractivity contribution in [2.75, 3.05) is 5.32 Å². The van der Waals surface area contributed by atoms with E-state index in [-0.39, 0.29) is 18.2 Å². The lowest BCUT2D eigenvalue weighted by Gasteiger charge is -2.08. The topological polar surface area (TPSA) is 64.1 Å². The normalized spacial score (nSPS) is 10.5. The molecule has 1 amide bonds. The second-order valence-electron chi connectivity index (χ2n) is 5.15. The number of aromatic nitrogens is 2. The van der Waals surface area contributed by atoms with Crippen molar-refractivity contribution in [1.29, 1.82) is 0 Å². The van der Waals surface area contributed by atoms with Crippen LogP contribution in [0.2, 0.25) is 10.0 Å². The third-order valence-electron chi connectivity index (χ3n) is 3.13. The molecule has 1 N–H and O–H groups in total. The van der Waals surface area contributed by atoms with E-state index in [0.29, 0.717) is 21.5 Å². The highest BCUT2D eigenvalue weighted by atomic mass is 35.5. The Balaban J connectivity index is 1.60. The van der Waals surface area contributed by atoms with E-state index in [9.17, 15) is 4.79 Å². The van der Waals surface area contributed by atoms with Gasteiger partial charge >= 0.3 is 0 Å². The minimum absolute atomic E-state index is 0.124. The zero-order chi connectivity index (χ0) is 17.8. The molecular formula is C17H13Cl2N3O2S. The van der Waals surface area contributed by atoms with Gasteiger partial charge < -0.3 is 10.1 Å². The van der Waals surface area contributed by atoms with E-state index in [4.69, 9.17) is 27.9 Å². The molecule has 3 aromatic rings. The SMILES string of the molecule is Cc1nc(CC(=O)Nc2ccc(Oc3ncc(Cl)cc3Cl)cc2)cs1. The lowest BCUT2D eigenvalue weighted by molar-refractivity contribution is -0.115. The summed E-state index contributed by atoms with van der Waals surface area (Å²) in [6.07, 6.45) is 1.70. The number of hydrogen-bond acceptors (Lipinski definition) is 5. The number of ether oxygens (including phenoxy) is 1. The van der Waals surface area contributed by atoms with Crippen molar-refractivity contribution in [2.45, 2.75) is 13.3 Å². The van der Waals surface area contributed by atoms with Crippen LogP contribution in [0.1, 0.15) is 10.7 Å². The predicted octanol–water partition coefficient (Wildman–Crippen LogP) is 5.13. The van der Waals surface area contributed by atoms with Crippen LogP contribution in [-0.2, 0) is 11.2 Å². The molecule has 25 heavy (non-hydrogen) atoms. The zero-order valence-electron chi connectivity index (χ0n) is 13.1. The molecule has 128 valence electrons. The van der Waals surface area contributed by atoms with Crippen LogP contribution in [-0.4, -0.2) is 15.9 Å². The summed E-state index contributed by atoms with van der Waals surface area (Å²) in [6.45, 7) is 1.91. The standard InChI is InChI=1S/C17H13Cl2N3O2S/c1-10-21-13(9-25-10)7-16(23)22-12-2-4-14(5-3-12)24-17-15(19)6-11(18)8-20-17/h2-6,8-9H,7H2,1H3,(H,22,23). The van der Waals surface area contributed by atoms with Gasteiger partial charge in [0, 0.05) is 17.3 Å². The number of rotatable bonds is 5. The molecule has 2 aromatic heterocycles. The van der Waals surface area contributed by atoms with Crippen LogP contribution in [0.5, 0.6) is 11.6 Å². The Labute approximate surface area is 158 Å². The number of benzene rings is 1. The lowest BCUT2D eigenvalue weighted by atomic mass is 10.2. The molecule has 0 fully saturated rings. The zero-order valence-corrected chi connectivity index (χ0v) is 15.5. The molecule has 0 spiro atoms. The monoisotopic (exact) mass is 393 g/mol. The number of carbonyl (C=O) groups is 1. The van der Waals surface area contributed by atoms with E-state index in [1.54, 1.807) is 30.3 Å². The Hall–Kier alpha value is -2.15. The predicted molar refractivity (Wildman–Crippen MR) is 100.0 cm³/mol. The Bertz CT molecular complexity index is 897. The average Bonchev–Trinajstić information content (AvgIpc) is 2.96. The van der Waals surface area contributed by atoms with Crippen LogP contribution in [0.4, 0.5) is 5.69 Å². The van der Waals surface area contributed by atoms with Crippen molar-refractivity contribution in [3.8, 4) is 11.6 Å². The van der Waals surface area contributed by atoms with Crippen molar-refractivity contribution in [3.63, 3.8) is 0 Å². The molecule has 0 aliphatic carbocycles. The maximum absolute atomic E-state index is 12.0. The third kappa shape index (κ3) is 4.92. The fourth-order valence-corrected chi connectivity index (χ4v) is 3.09. The average molecular weight is 394 g/mol. The highest BCUT2D eigenvalue weighted by Gasteiger charge is 2.08. The number of halogens is 2. The first kappa shape index (κ1) is 17.7. The first-order valence-electron chi connectivity index (χ1n) is 7.29. The fraction of sp³-hybridized carbons (Fsp3) is 0.118. The molecular weight excluding hydrogens is 381 g/mol. The van der Waals surface area contributed by atoms with Gasteiger partial charge in [0.15, 0.2) is 0 Å². The summed E-state index contributed by atoms with van der Waals surface area (Å²) in [7, 11) is 0. The molecule has 0 atom stereocenters. The van der Waals surface area contributed by atoms with Gasteiger partial charge in [0.2, 0.25) is 11.8 Å². The number of thiazole rings is 1. The van der Waals surface area contributed by atoms with Gasteiger partial charge in [-0.25, -0.2) is 9.97 Å². The second-order valence-corrected chi connectivity index (χ2v) is 7.06. The lowest BCUT2D eigenvalue weighted by Crippen LogP contribution is -2.14. The minimum Gasteiger partial charge on any atom is -0.438 e. The van der Waals surface area contributed by atoms with Gasteiger partial charge in [-0.2, -0.15) is 0 Å². The van der Waals surface area contributed by atoms with Gasteiger partial charge in [-0.1, -0.05) is 23.2 Å². The highest BCUT2D eigenvalue weighted by molar-refractivity contribution is 7.09. The molecule has 0 aliphatic rings. The number of hydrogen-bond donors (Lipinski definition) is 1. The molecule has 0 bridgehead atoms. The summed E-state index contributed by atoms with van der Waals surface area (Å²) in [5.41, 5.74) is 1.43. The molecule has 3 rings (SSSR count). The Kier molecular flexibility index (Phi) is 5.53. The molecule has 0 saturated carbocycles. The summed E-state index contributed by atoms with van der Waals surface area (Å²) < 4.78 is 5.60. The molecule has 2 heterocycles. The number of carbonyl (C=O) groups excluding carboxylic acids is 1. The number of aryl methyl sites for hydroxylation is 1. The molecule has 0 aliphatic heterocycles. The van der Waals surface area contributed by atoms with Crippen molar-refractivity contribution in [2.24, 2.45) is 0 Å². The van der Waals surface area contributed by atoms with Crippen LogP contribution in [0.25, 0.3) is 0 Å². The summed E-state index contributed by atoms with van der Waals surface area (Å²) >= 11 is 13.4. The van der Waals surface area contributed by atoms with Gasteiger partial charge in [0.1, 0.15) is 10.8 Å². The first-order valence-corrected chi connectivity index (χ1v) is 8.93. The van der Waals surface area contributed by atoms with E-state index in [0.717, 1.165) is 10.7 Å². The van der Waals surface area contributed by atoms with Crippen molar-refractivity contribution >= 4 is 46.1 Å². The van der Waals surface area contributed by atoms with E-state index in [1.807, 2.05) is 12.3 Å². The highest BCUT2D eigenvalue weighted by Crippen LogP contribution is 2.29. The summed E-state index contributed by atoms with van der Waals surface area (Å²) in [5, 5.41) is 6.41. The molecule has 1 aromatic carbocycles. The van der Waals surface area contributed by atoms with Crippen molar-refractivity contribution < 1.29 is 9.53 Å². The van der Waals surface area contributed by atoms with E-state index in [1.165, 1.54) is 17.5 Å². The van der Waals surface area contributed by atoms with Crippen LogP contribution in [0, 0.1) is 6.92 Å². The van der Waals surface area contributed by atoms with Gasteiger partial charge in [-0.3, -0.25) is 4.79 Å². The van der Waals surface area contributed by atoms with Gasteiger partial charge in [0.25, 0.3) is 0 Å². The smallest absolute Gasteiger partial charge is 0.238 e. The Morgan fingerprint density at radius 2 is 2.04 bits per heavy atom. The first-order chi connectivity index (χ1) is 12.0.